The first-order valence-corrected chi connectivity index (χ1v) is 10.6. The van der Waals surface area contributed by atoms with Crippen molar-refractivity contribution in [2.24, 2.45) is 5.11 Å². The van der Waals surface area contributed by atoms with Crippen molar-refractivity contribution in [2.45, 2.75) is 39.8 Å². The Labute approximate surface area is 178 Å². The van der Waals surface area contributed by atoms with Crippen molar-refractivity contribution in [3.63, 3.8) is 0 Å². The van der Waals surface area contributed by atoms with Crippen LogP contribution < -0.4 is 10.2 Å². The summed E-state index contributed by atoms with van der Waals surface area (Å²) in [5, 5.41) is 7.31. The molecule has 9 heteroatoms. The maximum atomic E-state index is 12.3. The van der Waals surface area contributed by atoms with Gasteiger partial charge < -0.3 is 19.9 Å². The molecule has 9 nitrogen and oxygen atoms in total. The number of azide groups is 1. The second-order valence-corrected chi connectivity index (χ2v) is 8.93. The van der Waals surface area contributed by atoms with Gasteiger partial charge in [-0.2, -0.15) is 0 Å². The van der Waals surface area contributed by atoms with E-state index < -0.39 is 5.60 Å². The number of hydrogen-bond acceptors (Lipinski definition) is 6. The number of piperazine rings is 2. The summed E-state index contributed by atoms with van der Waals surface area (Å²) in [5.74, 6) is 0. The number of benzene rings is 1. The second-order valence-electron chi connectivity index (χ2n) is 8.93. The zero-order chi connectivity index (χ0) is 21.7. The number of amides is 1. The molecule has 0 aromatic heterocycles. The van der Waals surface area contributed by atoms with Crippen molar-refractivity contribution in [3.05, 3.63) is 33.7 Å². The molecule has 164 valence electrons. The highest BCUT2D eigenvalue weighted by Gasteiger charge is 2.26. The molecule has 0 bridgehead atoms. The van der Waals surface area contributed by atoms with Crippen LogP contribution in [-0.4, -0.2) is 73.9 Å². The monoisotopic (exact) mass is 415 g/mol. The van der Waals surface area contributed by atoms with Gasteiger partial charge in [-0.1, -0.05) is 5.11 Å². The van der Waals surface area contributed by atoms with Gasteiger partial charge in [-0.05, 0) is 56.5 Å². The molecule has 0 spiro atoms. The highest BCUT2D eigenvalue weighted by atomic mass is 16.6. The van der Waals surface area contributed by atoms with Crippen molar-refractivity contribution < 1.29 is 9.53 Å². The van der Waals surface area contributed by atoms with E-state index in [2.05, 4.69) is 31.2 Å². The van der Waals surface area contributed by atoms with E-state index in [-0.39, 0.29) is 6.09 Å². The van der Waals surface area contributed by atoms with Crippen LogP contribution in [-0.2, 0) is 11.3 Å². The summed E-state index contributed by atoms with van der Waals surface area (Å²) < 4.78 is 5.48. The van der Waals surface area contributed by atoms with Gasteiger partial charge >= 0.3 is 6.09 Å². The second kappa shape index (κ2) is 9.55. The number of carbonyl (C=O) groups is 1. The molecule has 2 aliphatic rings. The fourth-order valence-corrected chi connectivity index (χ4v) is 3.89. The number of nitrogens with one attached hydrogen (secondary N) is 1. The van der Waals surface area contributed by atoms with Crippen molar-refractivity contribution in [1.82, 2.24) is 15.1 Å². The maximum Gasteiger partial charge on any atom is 0.410 e. The van der Waals surface area contributed by atoms with Gasteiger partial charge in [0, 0.05) is 75.2 Å². The third-order valence-electron chi connectivity index (χ3n) is 5.45. The number of nitrogens with zero attached hydrogens (tertiary/aromatic N) is 6. The maximum absolute atomic E-state index is 12.3. The van der Waals surface area contributed by atoms with Crippen molar-refractivity contribution in [1.29, 1.82) is 0 Å². The molecule has 1 N–H and O–H groups in total. The van der Waals surface area contributed by atoms with Crippen molar-refractivity contribution in [3.8, 4) is 0 Å². The third-order valence-corrected chi connectivity index (χ3v) is 5.45. The zero-order valence-corrected chi connectivity index (χ0v) is 18.5. The Morgan fingerprint density at radius 1 is 1.17 bits per heavy atom. The van der Waals surface area contributed by atoms with Crippen molar-refractivity contribution >= 4 is 17.5 Å². The quantitative estimate of drug-likeness (QED) is 0.462. The predicted molar refractivity (Wildman–Crippen MR) is 118 cm³/mol. The van der Waals surface area contributed by atoms with Crippen LogP contribution in [0.25, 0.3) is 10.4 Å². The number of carbonyl (C=O) groups excluding carboxylic acids is 1. The number of anilines is 1. The average Bonchev–Trinajstić information content (AvgIpc) is 2.70. The Morgan fingerprint density at radius 2 is 1.83 bits per heavy atom. The average molecular weight is 416 g/mol. The zero-order valence-electron chi connectivity index (χ0n) is 18.5. The third kappa shape index (κ3) is 5.78. The first kappa shape index (κ1) is 22.2. The van der Waals surface area contributed by atoms with Gasteiger partial charge in [0.15, 0.2) is 0 Å². The van der Waals surface area contributed by atoms with Gasteiger partial charge in [0.25, 0.3) is 0 Å². The SMILES string of the molecule is Cc1c(N=[N+]=[N-])cc(CN2CCN(C(=O)OC(C)(C)C)CC2)cc1N1CCNCC1. The van der Waals surface area contributed by atoms with E-state index in [9.17, 15) is 4.79 Å². The molecule has 0 atom stereocenters. The standard InChI is InChI=1S/C21H33N7O2/c1-16-18(24-25-22)13-17(14-19(16)27-7-5-23-6-8-27)15-26-9-11-28(12-10-26)20(29)30-21(2,3)4/h13-14,23H,5-12,15H2,1-4H3. The molecule has 2 fully saturated rings. The van der Waals surface area contributed by atoms with E-state index in [1.807, 2.05) is 33.8 Å². The van der Waals surface area contributed by atoms with Gasteiger partial charge in [0.1, 0.15) is 5.60 Å². The van der Waals surface area contributed by atoms with E-state index >= 15 is 0 Å². The smallest absolute Gasteiger partial charge is 0.410 e. The summed E-state index contributed by atoms with van der Waals surface area (Å²) in [6.45, 7) is 15.1. The normalized spacial score (nSPS) is 18.1. The lowest BCUT2D eigenvalue weighted by atomic mass is 10.0. The molecule has 0 aliphatic carbocycles. The Balaban J connectivity index is 1.68. The summed E-state index contributed by atoms with van der Waals surface area (Å²) in [6, 6.07) is 4.21. The Hall–Kier alpha value is -2.48. The van der Waals surface area contributed by atoms with Crippen LogP contribution in [0.2, 0.25) is 0 Å². The molecule has 2 heterocycles. The van der Waals surface area contributed by atoms with Crippen LogP contribution in [0.1, 0.15) is 31.9 Å². The van der Waals surface area contributed by atoms with E-state index in [4.69, 9.17) is 10.3 Å². The van der Waals surface area contributed by atoms with E-state index in [1.54, 1.807) is 4.90 Å². The molecule has 2 aliphatic heterocycles. The van der Waals surface area contributed by atoms with Gasteiger partial charge in [-0.15, -0.1) is 0 Å². The van der Waals surface area contributed by atoms with Crippen LogP contribution in [0.4, 0.5) is 16.2 Å². The topological polar surface area (TPSA) is 96.8 Å². The van der Waals surface area contributed by atoms with E-state index in [0.717, 1.165) is 62.6 Å². The largest absolute Gasteiger partial charge is 0.444 e. The summed E-state index contributed by atoms with van der Waals surface area (Å²) in [4.78, 5) is 21.8. The lowest BCUT2D eigenvalue weighted by Gasteiger charge is -2.36. The Morgan fingerprint density at radius 3 is 2.43 bits per heavy atom. The summed E-state index contributed by atoms with van der Waals surface area (Å²) in [5.41, 5.74) is 12.5. The molecular formula is C21H33N7O2. The van der Waals surface area contributed by atoms with Crippen LogP contribution in [0, 0.1) is 6.92 Å². The van der Waals surface area contributed by atoms with Gasteiger partial charge in [-0.25, -0.2) is 4.79 Å². The molecule has 3 rings (SSSR count). The summed E-state index contributed by atoms with van der Waals surface area (Å²) >= 11 is 0. The lowest BCUT2D eigenvalue weighted by Crippen LogP contribution is -2.49. The number of ether oxygens (including phenoxy) is 1. The molecule has 2 saturated heterocycles. The van der Waals surface area contributed by atoms with Gasteiger partial charge in [-0.3, -0.25) is 4.90 Å². The molecule has 30 heavy (non-hydrogen) atoms. The predicted octanol–water partition coefficient (Wildman–Crippen LogP) is 3.40. The van der Waals surface area contributed by atoms with Gasteiger partial charge in [0.2, 0.25) is 0 Å². The number of rotatable bonds is 4. The fraction of sp³-hybridized carbons (Fsp3) is 0.667. The molecule has 1 aromatic carbocycles. The first-order chi connectivity index (χ1) is 14.3. The van der Waals surface area contributed by atoms with Crippen LogP contribution >= 0.6 is 0 Å². The van der Waals surface area contributed by atoms with Crippen molar-refractivity contribution in [2.75, 3.05) is 57.3 Å². The Kier molecular flexibility index (Phi) is 7.07. The number of hydrogen-bond donors (Lipinski definition) is 1. The Bertz CT molecular complexity index is 800. The minimum atomic E-state index is -0.478. The molecule has 0 saturated carbocycles. The van der Waals surface area contributed by atoms with Crippen LogP contribution in [0.3, 0.4) is 0 Å². The summed E-state index contributed by atoms with van der Waals surface area (Å²) in [7, 11) is 0. The lowest BCUT2D eigenvalue weighted by molar-refractivity contribution is 0.0139. The van der Waals surface area contributed by atoms with Crippen LogP contribution in [0.5, 0.6) is 0 Å². The van der Waals surface area contributed by atoms with E-state index in [0.29, 0.717) is 18.8 Å². The highest BCUT2D eigenvalue weighted by molar-refractivity contribution is 5.68. The molecule has 0 unspecified atom stereocenters. The van der Waals surface area contributed by atoms with Gasteiger partial charge in [0.05, 0.1) is 0 Å². The molecular weight excluding hydrogens is 382 g/mol. The minimum absolute atomic E-state index is 0.246. The molecule has 0 radical (unpaired) electrons. The fourth-order valence-electron chi connectivity index (χ4n) is 3.89. The first-order valence-electron chi connectivity index (χ1n) is 10.6. The molecule has 1 aromatic rings. The highest BCUT2D eigenvalue weighted by Crippen LogP contribution is 2.32. The van der Waals surface area contributed by atoms with Crippen LogP contribution in [0.15, 0.2) is 17.2 Å². The van der Waals surface area contributed by atoms with E-state index in [1.165, 1.54) is 0 Å². The minimum Gasteiger partial charge on any atom is -0.444 e. The molecule has 1 amide bonds. The summed E-state index contributed by atoms with van der Waals surface area (Å²) in [6.07, 6.45) is -0.246.